The van der Waals surface area contributed by atoms with Gasteiger partial charge in [0.25, 0.3) is 0 Å². The lowest BCUT2D eigenvalue weighted by atomic mass is 9.80. The molecule has 3 fully saturated rings. The van der Waals surface area contributed by atoms with Crippen molar-refractivity contribution in [2.24, 2.45) is 0 Å². The van der Waals surface area contributed by atoms with Crippen molar-refractivity contribution in [2.75, 3.05) is 13.1 Å². The third kappa shape index (κ3) is 2.13. The molecule has 16 heavy (non-hydrogen) atoms. The Morgan fingerprint density at radius 1 is 1.38 bits per heavy atom. The number of nitrogens with one attached hydrogen (secondary N) is 1. The SMILES string of the molecule is CC1CC(NCC2(O)CCC2)CN1C1CC1. The van der Waals surface area contributed by atoms with Crippen molar-refractivity contribution in [3.05, 3.63) is 0 Å². The largest absolute Gasteiger partial charge is 0.389 e. The van der Waals surface area contributed by atoms with Gasteiger partial charge in [-0.2, -0.15) is 0 Å². The van der Waals surface area contributed by atoms with Crippen LogP contribution in [0.3, 0.4) is 0 Å². The molecule has 2 unspecified atom stereocenters. The van der Waals surface area contributed by atoms with Crippen molar-refractivity contribution in [3.8, 4) is 0 Å². The van der Waals surface area contributed by atoms with E-state index in [1.54, 1.807) is 0 Å². The first-order valence-corrected chi connectivity index (χ1v) is 6.88. The molecule has 0 radical (unpaired) electrons. The molecule has 2 N–H and O–H groups in total. The van der Waals surface area contributed by atoms with E-state index in [2.05, 4.69) is 17.1 Å². The Labute approximate surface area is 98.2 Å². The van der Waals surface area contributed by atoms with Gasteiger partial charge in [-0.3, -0.25) is 4.90 Å². The first kappa shape index (κ1) is 11.0. The Bertz CT molecular complexity index is 261. The van der Waals surface area contributed by atoms with Gasteiger partial charge in [-0.1, -0.05) is 0 Å². The lowest BCUT2D eigenvalue weighted by molar-refractivity contribution is -0.0330. The van der Waals surface area contributed by atoms with Crippen molar-refractivity contribution >= 4 is 0 Å². The van der Waals surface area contributed by atoms with E-state index in [-0.39, 0.29) is 5.60 Å². The maximum atomic E-state index is 10.0. The molecular weight excluding hydrogens is 200 g/mol. The lowest BCUT2D eigenvalue weighted by Gasteiger charge is -2.37. The summed E-state index contributed by atoms with van der Waals surface area (Å²) in [6.45, 7) is 4.35. The van der Waals surface area contributed by atoms with Crippen LogP contribution >= 0.6 is 0 Å². The summed E-state index contributed by atoms with van der Waals surface area (Å²) >= 11 is 0. The summed E-state index contributed by atoms with van der Waals surface area (Å²) in [5.41, 5.74) is -0.365. The van der Waals surface area contributed by atoms with Crippen molar-refractivity contribution in [3.63, 3.8) is 0 Å². The van der Waals surface area contributed by atoms with Gasteiger partial charge >= 0.3 is 0 Å². The van der Waals surface area contributed by atoms with E-state index in [0.29, 0.717) is 6.04 Å². The quantitative estimate of drug-likeness (QED) is 0.751. The number of hydrogen-bond donors (Lipinski definition) is 2. The number of nitrogens with zero attached hydrogens (tertiary/aromatic N) is 1. The normalized spacial score (nSPS) is 38.6. The van der Waals surface area contributed by atoms with Crippen LogP contribution in [0.2, 0.25) is 0 Å². The summed E-state index contributed by atoms with van der Waals surface area (Å²) in [5.74, 6) is 0. The van der Waals surface area contributed by atoms with Gasteiger partial charge in [-0.25, -0.2) is 0 Å². The Hall–Kier alpha value is -0.120. The van der Waals surface area contributed by atoms with Crippen LogP contribution in [0.4, 0.5) is 0 Å². The topological polar surface area (TPSA) is 35.5 Å². The molecule has 3 nitrogen and oxygen atoms in total. The molecule has 92 valence electrons. The molecule has 0 spiro atoms. The van der Waals surface area contributed by atoms with E-state index in [1.165, 1.54) is 32.2 Å². The highest BCUT2D eigenvalue weighted by Gasteiger charge is 2.40. The Balaban J connectivity index is 1.45. The van der Waals surface area contributed by atoms with Crippen molar-refractivity contribution in [1.82, 2.24) is 10.2 Å². The molecule has 1 heterocycles. The molecule has 3 rings (SSSR count). The van der Waals surface area contributed by atoms with Crippen LogP contribution in [0.25, 0.3) is 0 Å². The first-order chi connectivity index (χ1) is 7.66. The molecule has 3 aliphatic rings. The molecule has 2 saturated carbocycles. The summed E-state index contributed by atoms with van der Waals surface area (Å²) in [7, 11) is 0. The first-order valence-electron chi connectivity index (χ1n) is 6.88. The maximum absolute atomic E-state index is 10.0. The third-order valence-corrected chi connectivity index (χ3v) is 4.64. The van der Waals surface area contributed by atoms with E-state index >= 15 is 0 Å². The molecule has 1 aliphatic heterocycles. The monoisotopic (exact) mass is 224 g/mol. The fraction of sp³-hybridized carbons (Fsp3) is 1.00. The van der Waals surface area contributed by atoms with Gasteiger partial charge in [0.05, 0.1) is 5.60 Å². The lowest BCUT2D eigenvalue weighted by Crippen LogP contribution is -2.49. The summed E-state index contributed by atoms with van der Waals surface area (Å²) in [6.07, 6.45) is 7.26. The number of aliphatic hydroxyl groups is 1. The Morgan fingerprint density at radius 2 is 2.12 bits per heavy atom. The minimum absolute atomic E-state index is 0.365. The van der Waals surface area contributed by atoms with Gasteiger partial charge in [-0.05, 0) is 45.4 Å². The summed E-state index contributed by atoms with van der Waals surface area (Å²) in [5, 5.41) is 13.6. The van der Waals surface area contributed by atoms with Crippen LogP contribution in [0.1, 0.15) is 45.4 Å². The molecule has 0 aromatic heterocycles. The third-order valence-electron chi connectivity index (χ3n) is 4.64. The molecular formula is C13H24N2O. The average Bonchev–Trinajstić information content (AvgIpc) is 2.98. The van der Waals surface area contributed by atoms with Gasteiger partial charge in [0.15, 0.2) is 0 Å². The number of rotatable bonds is 4. The van der Waals surface area contributed by atoms with Crippen LogP contribution in [0.15, 0.2) is 0 Å². The van der Waals surface area contributed by atoms with E-state index in [0.717, 1.165) is 31.5 Å². The van der Waals surface area contributed by atoms with Crippen molar-refractivity contribution in [1.29, 1.82) is 0 Å². The molecule has 1 saturated heterocycles. The van der Waals surface area contributed by atoms with Gasteiger partial charge in [0.2, 0.25) is 0 Å². The van der Waals surface area contributed by atoms with Crippen molar-refractivity contribution < 1.29 is 5.11 Å². The maximum Gasteiger partial charge on any atom is 0.0771 e. The van der Waals surface area contributed by atoms with Gasteiger partial charge in [0, 0.05) is 31.2 Å². The number of likely N-dealkylation sites (tertiary alicyclic amines) is 1. The smallest absolute Gasteiger partial charge is 0.0771 e. The second-order valence-electron chi connectivity index (χ2n) is 6.17. The molecule has 2 atom stereocenters. The summed E-state index contributed by atoms with van der Waals surface area (Å²) in [4.78, 5) is 2.66. The van der Waals surface area contributed by atoms with Crippen LogP contribution in [0.5, 0.6) is 0 Å². The van der Waals surface area contributed by atoms with Crippen molar-refractivity contribution in [2.45, 2.75) is 69.2 Å². The average molecular weight is 224 g/mol. The van der Waals surface area contributed by atoms with Gasteiger partial charge in [0.1, 0.15) is 0 Å². The van der Waals surface area contributed by atoms with E-state index in [4.69, 9.17) is 0 Å². The zero-order chi connectivity index (χ0) is 11.2. The predicted molar refractivity (Wildman–Crippen MR) is 64.4 cm³/mol. The molecule has 0 aromatic rings. The molecule has 0 amide bonds. The minimum Gasteiger partial charge on any atom is -0.389 e. The molecule has 3 heteroatoms. The highest BCUT2D eigenvalue weighted by atomic mass is 16.3. The molecule has 2 aliphatic carbocycles. The molecule has 0 bridgehead atoms. The van der Waals surface area contributed by atoms with E-state index in [1.807, 2.05) is 0 Å². The number of hydrogen-bond acceptors (Lipinski definition) is 3. The van der Waals surface area contributed by atoms with Crippen LogP contribution in [0, 0.1) is 0 Å². The fourth-order valence-electron chi connectivity index (χ4n) is 3.22. The second-order valence-corrected chi connectivity index (χ2v) is 6.17. The summed E-state index contributed by atoms with van der Waals surface area (Å²) < 4.78 is 0. The Morgan fingerprint density at radius 3 is 2.69 bits per heavy atom. The second kappa shape index (κ2) is 3.97. The van der Waals surface area contributed by atoms with E-state index < -0.39 is 0 Å². The van der Waals surface area contributed by atoms with Crippen LogP contribution < -0.4 is 5.32 Å². The highest BCUT2D eigenvalue weighted by molar-refractivity contribution is 4.97. The van der Waals surface area contributed by atoms with Crippen LogP contribution in [-0.2, 0) is 0 Å². The fourth-order valence-corrected chi connectivity index (χ4v) is 3.22. The minimum atomic E-state index is -0.365. The zero-order valence-electron chi connectivity index (χ0n) is 10.3. The predicted octanol–water partition coefficient (Wildman–Crippen LogP) is 1.12. The zero-order valence-corrected chi connectivity index (χ0v) is 10.3. The standard InChI is InChI=1S/C13H24N2O/c1-10-7-11(8-15(10)12-3-4-12)14-9-13(16)5-2-6-13/h10-12,14,16H,2-9H2,1H3. The van der Waals surface area contributed by atoms with Gasteiger partial charge < -0.3 is 10.4 Å². The van der Waals surface area contributed by atoms with E-state index in [9.17, 15) is 5.11 Å². The van der Waals surface area contributed by atoms with Crippen LogP contribution in [-0.4, -0.2) is 46.8 Å². The highest BCUT2D eigenvalue weighted by Crippen LogP contribution is 2.34. The molecule has 0 aromatic carbocycles. The van der Waals surface area contributed by atoms with Gasteiger partial charge in [-0.15, -0.1) is 0 Å². The Kier molecular flexibility index (Phi) is 2.73. The summed E-state index contributed by atoms with van der Waals surface area (Å²) in [6, 6.07) is 2.23.